The number of ether oxygens (including phenoxy) is 1. The zero-order valence-electron chi connectivity index (χ0n) is 16.1. The minimum absolute atomic E-state index is 0.136. The summed E-state index contributed by atoms with van der Waals surface area (Å²) in [6.07, 6.45) is 4.53. The molecule has 0 bridgehead atoms. The van der Waals surface area contributed by atoms with Gasteiger partial charge >= 0.3 is 0 Å². The average molecular weight is 381 g/mol. The van der Waals surface area contributed by atoms with E-state index in [4.69, 9.17) is 4.74 Å². The Kier molecular flexibility index (Phi) is 7.42. The number of piperidine rings is 2. The van der Waals surface area contributed by atoms with Gasteiger partial charge in [0.05, 0.1) is 19.1 Å². The standard InChI is InChI=1S/C19H32N4O2S/c1-15-14-26-18(21-15)13-22-9-5-17(6-10-22)23-8-3-4-16(12-23)19(24)20-7-11-25-2/h14,16-17H,3-13H2,1-2H3,(H,20,24). The Balaban J connectivity index is 1.42. The van der Waals surface area contributed by atoms with Crippen molar-refractivity contribution in [3.8, 4) is 0 Å². The Morgan fingerprint density at radius 2 is 2.15 bits per heavy atom. The normalized spacial score (nSPS) is 23.2. The number of hydrogen-bond donors (Lipinski definition) is 1. The summed E-state index contributed by atoms with van der Waals surface area (Å²) in [6, 6.07) is 0.624. The van der Waals surface area contributed by atoms with Gasteiger partial charge in [0, 0.05) is 50.4 Å². The van der Waals surface area contributed by atoms with Crippen molar-refractivity contribution >= 4 is 17.2 Å². The van der Waals surface area contributed by atoms with Crippen molar-refractivity contribution < 1.29 is 9.53 Å². The van der Waals surface area contributed by atoms with Gasteiger partial charge < -0.3 is 10.1 Å². The van der Waals surface area contributed by atoms with Gasteiger partial charge in [0.15, 0.2) is 0 Å². The molecule has 6 nitrogen and oxygen atoms in total. The first kappa shape index (κ1) is 19.7. The lowest BCUT2D eigenvalue weighted by atomic mass is 9.93. The highest BCUT2D eigenvalue weighted by Gasteiger charge is 2.31. The molecule has 0 radical (unpaired) electrons. The maximum absolute atomic E-state index is 12.4. The molecule has 2 saturated heterocycles. The molecule has 1 aromatic rings. The second kappa shape index (κ2) is 9.78. The molecule has 0 saturated carbocycles. The predicted molar refractivity (Wildman–Crippen MR) is 104 cm³/mol. The number of carbonyl (C=O) groups is 1. The van der Waals surface area contributed by atoms with Crippen LogP contribution in [0.15, 0.2) is 5.38 Å². The maximum Gasteiger partial charge on any atom is 0.224 e. The molecule has 7 heteroatoms. The summed E-state index contributed by atoms with van der Waals surface area (Å²) in [6.45, 7) is 8.54. The van der Waals surface area contributed by atoms with Crippen LogP contribution in [0.2, 0.25) is 0 Å². The second-order valence-corrected chi connectivity index (χ2v) is 8.45. The second-order valence-electron chi connectivity index (χ2n) is 7.51. The highest BCUT2D eigenvalue weighted by atomic mass is 32.1. The van der Waals surface area contributed by atoms with Crippen molar-refractivity contribution in [3.63, 3.8) is 0 Å². The van der Waals surface area contributed by atoms with Gasteiger partial charge in [0.2, 0.25) is 5.91 Å². The fourth-order valence-electron chi connectivity index (χ4n) is 4.08. The van der Waals surface area contributed by atoms with E-state index in [0.29, 0.717) is 19.2 Å². The molecular weight excluding hydrogens is 348 g/mol. The van der Waals surface area contributed by atoms with Gasteiger partial charge in [-0.2, -0.15) is 0 Å². The molecule has 0 spiro atoms. The van der Waals surface area contributed by atoms with Gasteiger partial charge in [-0.15, -0.1) is 11.3 Å². The summed E-state index contributed by atoms with van der Waals surface area (Å²) < 4.78 is 5.02. The summed E-state index contributed by atoms with van der Waals surface area (Å²) >= 11 is 1.77. The van der Waals surface area contributed by atoms with Crippen molar-refractivity contribution in [3.05, 3.63) is 16.1 Å². The molecule has 1 aromatic heterocycles. The Morgan fingerprint density at radius 3 is 2.85 bits per heavy atom. The largest absolute Gasteiger partial charge is 0.383 e. The fraction of sp³-hybridized carbons (Fsp3) is 0.789. The van der Waals surface area contributed by atoms with Crippen LogP contribution < -0.4 is 5.32 Å². The molecule has 26 heavy (non-hydrogen) atoms. The van der Waals surface area contributed by atoms with E-state index < -0.39 is 0 Å². The molecule has 2 fully saturated rings. The van der Waals surface area contributed by atoms with Crippen LogP contribution in [0.25, 0.3) is 0 Å². The van der Waals surface area contributed by atoms with Crippen LogP contribution >= 0.6 is 11.3 Å². The number of thiazole rings is 1. The van der Waals surface area contributed by atoms with Crippen LogP contribution in [-0.4, -0.2) is 73.2 Å². The molecule has 0 aromatic carbocycles. The SMILES string of the molecule is COCCNC(=O)C1CCCN(C2CCN(Cc3nc(C)cs3)CC2)C1. The number of nitrogens with zero attached hydrogens (tertiary/aromatic N) is 3. The van der Waals surface area contributed by atoms with Gasteiger partial charge in [-0.1, -0.05) is 0 Å². The molecule has 3 rings (SSSR count). The van der Waals surface area contributed by atoms with Gasteiger partial charge in [0.1, 0.15) is 5.01 Å². The van der Waals surface area contributed by atoms with Crippen LogP contribution in [0.3, 0.4) is 0 Å². The molecular formula is C19H32N4O2S. The highest BCUT2D eigenvalue weighted by Crippen LogP contribution is 2.25. The first-order valence-corrected chi connectivity index (χ1v) is 10.7. The monoisotopic (exact) mass is 380 g/mol. The van der Waals surface area contributed by atoms with Crippen LogP contribution in [0, 0.1) is 12.8 Å². The minimum Gasteiger partial charge on any atom is -0.383 e. The number of hydrogen-bond acceptors (Lipinski definition) is 6. The Hall–Kier alpha value is -1.02. The van der Waals surface area contributed by atoms with Crippen LogP contribution in [0.4, 0.5) is 0 Å². The molecule has 2 aliphatic rings. The van der Waals surface area contributed by atoms with Crippen molar-refractivity contribution in [1.82, 2.24) is 20.1 Å². The summed E-state index contributed by atoms with van der Waals surface area (Å²) in [5.74, 6) is 0.334. The van der Waals surface area contributed by atoms with E-state index in [1.807, 2.05) is 0 Å². The van der Waals surface area contributed by atoms with E-state index in [2.05, 4.69) is 32.4 Å². The van der Waals surface area contributed by atoms with Gasteiger partial charge in [0.25, 0.3) is 0 Å². The zero-order chi connectivity index (χ0) is 18.4. The van der Waals surface area contributed by atoms with Crippen LogP contribution in [-0.2, 0) is 16.1 Å². The van der Waals surface area contributed by atoms with Crippen molar-refractivity contribution in [1.29, 1.82) is 0 Å². The van der Waals surface area contributed by atoms with E-state index in [1.54, 1.807) is 18.4 Å². The third-order valence-corrected chi connectivity index (χ3v) is 6.48. The maximum atomic E-state index is 12.4. The number of carbonyl (C=O) groups excluding carboxylic acids is 1. The Labute approximate surface area is 160 Å². The number of rotatable bonds is 7. The minimum atomic E-state index is 0.136. The first-order valence-electron chi connectivity index (χ1n) is 9.79. The predicted octanol–water partition coefficient (Wildman–Crippen LogP) is 1.89. The van der Waals surface area contributed by atoms with Crippen LogP contribution in [0.1, 0.15) is 36.4 Å². The molecule has 1 N–H and O–H groups in total. The third-order valence-electron chi connectivity index (χ3n) is 5.53. The van der Waals surface area contributed by atoms with Crippen LogP contribution in [0.5, 0.6) is 0 Å². The highest BCUT2D eigenvalue weighted by molar-refractivity contribution is 7.09. The number of aromatic nitrogens is 1. The molecule has 0 aliphatic carbocycles. The lowest BCUT2D eigenvalue weighted by molar-refractivity contribution is -0.127. The van der Waals surface area contributed by atoms with E-state index in [-0.39, 0.29) is 11.8 Å². The molecule has 3 heterocycles. The van der Waals surface area contributed by atoms with E-state index in [1.165, 1.54) is 17.8 Å². The lowest BCUT2D eigenvalue weighted by Crippen LogP contribution is -2.50. The summed E-state index contributed by atoms with van der Waals surface area (Å²) in [4.78, 5) is 22.0. The Bertz CT molecular complexity index is 572. The Morgan fingerprint density at radius 1 is 1.35 bits per heavy atom. The summed E-state index contributed by atoms with van der Waals surface area (Å²) in [7, 11) is 1.66. The molecule has 1 atom stereocenters. The summed E-state index contributed by atoms with van der Waals surface area (Å²) in [5.41, 5.74) is 1.13. The number of aryl methyl sites for hydroxylation is 1. The fourth-order valence-corrected chi connectivity index (χ4v) is 4.90. The molecule has 1 unspecified atom stereocenters. The molecule has 1 amide bonds. The first-order chi connectivity index (χ1) is 12.7. The average Bonchev–Trinajstić information content (AvgIpc) is 3.07. The number of methoxy groups -OCH3 is 1. The van der Waals surface area contributed by atoms with Crippen molar-refractivity contribution in [2.24, 2.45) is 5.92 Å². The topological polar surface area (TPSA) is 57.7 Å². The molecule has 146 valence electrons. The zero-order valence-corrected chi connectivity index (χ0v) is 16.9. The van der Waals surface area contributed by atoms with Gasteiger partial charge in [-0.25, -0.2) is 4.98 Å². The smallest absolute Gasteiger partial charge is 0.224 e. The van der Waals surface area contributed by atoms with Crippen molar-refractivity contribution in [2.45, 2.75) is 45.2 Å². The van der Waals surface area contributed by atoms with Gasteiger partial charge in [-0.05, 0) is 39.2 Å². The van der Waals surface area contributed by atoms with Gasteiger partial charge in [-0.3, -0.25) is 14.6 Å². The number of nitrogens with one attached hydrogen (secondary N) is 1. The third kappa shape index (κ3) is 5.49. The number of likely N-dealkylation sites (tertiary alicyclic amines) is 2. The summed E-state index contributed by atoms with van der Waals surface area (Å²) in [5, 5.41) is 6.37. The van der Waals surface area contributed by atoms with Crippen molar-refractivity contribution in [2.75, 3.05) is 46.4 Å². The van der Waals surface area contributed by atoms with E-state index in [0.717, 1.165) is 51.3 Å². The lowest BCUT2D eigenvalue weighted by Gasteiger charge is -2.41. The number of amides is 1. The van der Waals surface area contributed by atoms with E-state index in [9.17, 15) is 4.79 Å². The molecule has 2 aliphatic heterocycles. The van der Waals surface area contributed by atoms with E-state index >= 15 is 0 Å². The quantitative estimate of drug-likeness (QED) is 0.732.